The summed E-state index contributed by atoms with van der Waals surface area (Å²) >= 11 is 1.54. The molecule has 6 heteroatoms. The van der Waals surface area contributed by atoms with Crippen molar-refractivity contribution in [3.8, 4) is 5.75 Å². The van der Waals surface area contributed by atoms with Gasteiger partial charge in [0, 0.05) is 36.6 Å². The van der Waals surface area contributed by atoms with Crippen LogP contribution in [0.15, 0.2) is 35.0 Å². The molecule has 2 saturated heterocycles. The lowest BCUT2D eigenvalue weighted by molar-refractivity contribution is 0.0770. The van der Waals surface area contributed by atoms with Crippen LogP contribution in [0.25, 0.3) is 0 Å². The highest BCUT2D eigenvalue weighted by atomic mass is 32.1. The molecule has 0 saturated carbocycles. The summed E-state index contributed by atoms with van der Waals surface area (Å²) in [7, 11) is 1.59. The van der Waals surface area contributed by atoms with Crippen LogP contribution >= 0.6 is 11.3 Å². The first kappa shape index (κ1) is 16.5. The predicted octanol–water partition coefficient (Wildman–Crippen LogP) is 3.24. The molecule has 2 aliphatic rings. The smallest absolute Gasteiger partial charge is 0.254 e. The Bertz CT molecular complexity index is 765. The lowest BCUT2D eigenvalue weighted by Crippen LogP contribution is -2.36. The van der Waals surface area contributed by atoms with Crippen LogP contribution in [0.3, 0.4) is 0 Å². The van der Waals surface area contributed by atoms with E-state index in [-0.39, 0.29) is 11.7 Å². The van der Waals surface area contributed by atoms with Crippen molar-refractivity contribution < 1.29 is 13.9 Å². The molecule has 0 N–H and O–H groups in total. The fourth-order valence-corrected chi connectivity index (χ4v) is 4.63. The van der Waals surface area contributed by atoms with Gasteiger partial charge in [0.25, 0.3) is 5.91 Å². The zero-order valence-electron chi connectivity index (χ0n) is 14.2. The molecule has 3 heterocycles. The van der Waals surface area contributed by atoms with Gasteiger partial charge in [0.2, 0.25) is 0 Å². The van der Waals surface area contributed by atoms with Crippen molar-refractivity contribution in [2.75, 3.05) is 26.7 Å². The molecule has 2 aliphatic heterocycles. The van der Waals surface area contributed by atoms with Crippen molar-refractivity contribution in [3.63, 3.8) is 0 Å². The summed E-state index contributed by atoms with van der Waals surface area (Å²) in [6, 6.07) is 7.06. The maximum Gasteiger partial charge on any atom is 0.254 e. The number of rotatable bonds is 4. The van der Waals surface area contributed by atoms with Crippen molar-refractivity contribution in [3.05, 3.63) is 52.0 Å². The molecule has 0 spiro atoms. The van der Waals surface area contributed by atoms with Crippen LogP contribution in [0.1, 0.15) is 22.3 Å². The van der Waals surface area contributed by atoms with Gasteiger partial charge in [-0.25, -0.2) is 4.39 Å². The van der Waals surface area contributed by atoms with Crippen molar-refractivity contribution in [1.82, 2.24) is 9.80 Å². The van der Waals surface area contributed by atoms with Gasteiger partial charge in [-0.2, -0.15) is 11.3 Å². The number of fused-ring (bicyclic) bond motifs is 1. The Hall–Kier alpha value is -1.92. The second kappa shape index (κ2) is 6.77. The lowest BCUT2D eigenvalue weighted by atomic mass is 10.0. The number of amides is 1. The lowest BCUT2D eigenvalue weighted by Gasteiger charge is -2.25. The van der Waals surface area contributed by atoms with E-state index in [1.54, 1.807) is 30.6 Å². The standard InChI is InChI=1S/C19H21FN2O2S/c1-24-16-2-3-17(20)15(8-16)10-21-6-4-13-9-22(11-18(13)21)19(23)14-5-7-25-12-14/h2-3,5,7-8,12-13,18H,4,6,9-11H2,1H3/t13-,18+/m0/s1. The Balaban J connectivity index is 1.46. The molecule has 25 heavy (non-hydrogen) atoms. The van der Waals surface area contributed by atoms with Crippen molar-refractivity contribution >= 4 is 17.2 Å². The average Bonchev–Trinajstić information content (AvgIpc) is 3.34. The maximum absolute atomic E-state index is 14.1. The Morgan fingerprint density at radius 3 is 3.00 bits per heavy atom. The van der Waals surface area contributed by atoms with Crippen molar-refractivity contribution in [2.24, 2.45) is 5.92 Å². The number of nitrogens with zero attached hydrogens (tertiary/aromatic N) is 2. The topological polar surface area (TPSA) is 32.8 Å². The molecule has 2 atom stereocenters. The maximum atomic E-state index is 14.1. The number of halogens is 1. The molecular weight excluding hydrogens is 339 g/mol. The first-order valence-electron chi connectivity index (χ1n) is 8.53. The number of carbonyl (C=O) groups is 1. The minimum absolute atomic E-state index is 0.114. The van der Waals surface area contributed by atoms with Crippen LogP contribution in [0.2, 0.25) is 0 Å². The van der Waals surface area contributed by atoms with Gasteiger partial charge in [0.15, 0.2) is 0 Å². The van der Waals surface area contributed by atoms with E-state index in [1.165, 1.54) is 6.07 Å². The summed E-state index contributed by atoms with van der Waals surface area (Å²) in [5, 5.41) is 3.84. The first-order chi connectivity index (χ1) is 12.2. The van der Waals surface area contributed by atoms with Gasteiger partial charge in [-0.1, -0.05) is 0 Å². The number of likely N-dealkylation sites (tertiary alicyclic amines) is 2. The van der Waals surface area contributed by atoms with Gasteiger partial charge in [-0.3, -0.25) is 9.69 Å². The third-order valence-corrected chi connectivity index (χ3v) is 6.03. The number of carbonyl (C=O) groups excluding carboxylic acids is 1. The molecule has 132 valence electrons. The summed E-state index contributed by atoms with van der Waals surface area (Å²) in [4.78, 5) is 16.8. The van der Waals surface area contributed by atoms with Crippen molar-refractivity contribution in [1.29, 1.82) is 0 Å². The molecule has 4 rings (SSSR count). The predicted molar refractivity (Wildman–Crippen MR) is 95.5 cm³/mol. The normalized spacial score (nSPS) is 23.0. The summed E-state index contributed by atoms with van der Waals surface area (Å²) in [6.45, 7) is 3.04. The number of thiophene rings is 1. The molecule has 0 unspecified atom stereocenters. The van der Waals surface area contributed by atoms with Gasteiger partial charge in [-0.05, 0) is 48.5 Å². The molecule has 2 fully saturated rings. The highest BCUT2D eigenvalue weighted by Crippen LogP contribution is 2.34. The van der Waals surface area contributed by atoms with E-state index < -0.39 is 0 Å². The van der Waals surface area contributed by atoms with E-state index in [9.17, 15) is 9.18 Å². The van der Waals surface area contributed by atoms with E-state index in [2.05, 4.69) is 4.90 Å². The Morgan fingerprint density at radius 2 is 2.24 bits per heavy atom. The van der Waals surface area contributed by atoms with Gasteiger partial charge >= 0.3 is 0 Å². The third kappa shape index (κ3) is 3.16. The van der Waals surface area contributed by atoms with Gasteiger partial charge < -0.3 is 9.64 Å². The third-order valence-electron chi connectivity index (χ3n) is 5.34. The number of methoxy groups -OCH3 is 1. The second-order valence-corrected chi connectivity index (χ2v) is 7.55. The molecule has 0 aliphatic carbocycles. The molecule has 1 aromatic heterocycles. The van der Waals surface area contributed by atoms with Crippen LogP contribution < -0.4 is 4.74 Å². The minimum Gasteiger partial charge on any atom is -0.497 e. The average molecular weight is 360 g/mol. The first-order valence-corrected chi connectivity index (χ1v) is 9.48. The number of hydrogen-bond donors (Lipinski definition) is 0. The molecular formula is C19H21FN2O2S. The molecule has 0 radical (unpaired) electrons. The zero-order valence-corrected chi connectivity index (χ0v) is 15.0. The quantitative estimate of drug-likeness (QED) is 0.839. The van der Waals surface area contributed by atoms with Crippen LogP contribution in [-0.2, 0) is 6.54 Å². The number of ether oxygens (including phenoxy) is 1. The fraction of sp³-hybridized carbons (Fsp3) is 0.421. The van der Waals surface area contributed by atoms with Crippen LogP contribution in [-0.4, -0.2) is 48.5 Å². The highest BCUT2D eigenvalue weighted by Gasteiger charge is 2.42. The molecule has 2 aromatic rings. The van der Waals surface area contributed by atoms with Gasteiger partial charge in [-0.15, -0.1) is 0 Å². The van der Waals surface area contributed by atoms with E-state index in [4.69, 9.17) is 4.74 Å². The van der Waals surface area contributed by atoms with Gasteiger partial charge in [0.05, 0.1) is 12.7 Å². The van der Waals surface area contributed by atoms with E-state index in [0.717, 1.165) is 31.6 Å². The number of benzene rings is 1. The molecule has 0 bridgehead atoms. The van der Waals surface area contributed by atoms with Gasteiger partial charge in [0.1, 0.15) is 11.6 Å². The Morgan fingerprint density at radius 1 is 1.36 bits per heavy atom. The Kier molecular flexibility index (Phi) is 4.48. The van der Waals surface area contributed by atoms with Crippen LogP contribution in [0.4, 0.5) is 4.39 Å². The van der Waals surface area contributed by atoms with Crippen molar-refractivity contribution in [2.45, 2.75) is 19.0 Å². The second-order valence-electron chi connectivity index (χ2n) is 6.77. The molecule has 4 nitrogen and oxygen atoms in total. The highest BCUT2D eigenvalue weighted by molar-refractivity contribution is 7.08. The van der Waals surface area contributed by atoms with E-state index in [1.807, 2.05) is 21.7 Å². The zero-order chi connectivity index (χ0) is 17.4. The van der Waals surface area contributed by atoms with E-state index >= 15 is 0 Å². The largest absolute Gasteiger partial charge is 0.497 e. The van der Waals surface area contributed by atoms with Crippen LogP contribution in [0.5, 0.6) is 5.75 Å². The molecule has 1 aromatic carbocycles. The molecule has 1 amide bonds. The monoisotopic (exact) mass is 360 g/mol. The summed E-state index contributed by atoms with van der Waals surface area (Å²) in [5.74, 6) is 1.07. The fourth-order valence-electron chi connectivity index (χ4n) is 4.00. The minimum atomic E-state index is -0.201. The van der Waals surface area contributed by atoms with E-state index in [0.29, 0.717) is 29.8 Å². The number of hydrogen-bond acceptors (Lipinski definition) is 4. The van der Waals surface area contributed by atoms with Crippen LogP contribution in [0, 0.1) is 11.7 Å². The Labute approximate surface area is 150 Å². The summed E-state index contributed by atoms with van der Waals surface area (Å²) in [5.41, 5.74) is 1.43. The summed E-state index contributed by atoms with van der Waals surface area (Å²) < 4.78 is 19.4. The SMILES string of the molecule is COc1ccc(F)c(CN2CC[C@H]3CN(C(=O)c4ccsc4)C[C@H]32)c1. The summed E-state index contributed by atoms with van der Waals surface area (Å²) in [6.07, 6.45) is 1.06.